The minimum absolute atomic E-state index is 0.0815. The first-order valence-electron chi connectivity index (χ1n) is 4.92. The van der Waals surface area contributed by atoms with E-state index in [1.165, 1.54) is 12.1 Å². The summed E-state index contributed by atoms with van der Waals surface area (Å²) >= 11 is 0. The van der Waals surface area contributed by atoms with Crippen molar-refractivity contribution in [2.24, 2.45) is 0 Å². The van der Waals surface area contributed by atoms with Gasteiger partial charge in [-0.05, 0) is 31.0 Å². The lowest BCUT2D eigenvalue weighted by Crippen LogP contribution is -2.24. The number of aliphatic hydroxyl groups excluding tert-OH is 1. The third kappa shape index (κ3) is 3.99. The Balaban J connectivity index is 2.40. The van der Waals surface area contributed by atoms with E-state index in [0.29, 0.717) is 18.5 Å². The maximum Gasteiger partial charge on any atom is 0.251 e. The zero-order valence-corrected chi connectivity index (χ0v) is 8.44. The third-order valence-electron chi connectivity index (χ3n) is 1.98. The molecule has 0 unspecified atom stereocenters. The molecule has 3 N–H and O–H groups in total. The Morgan fingerprint density at radius 2 is 2.13 bits per heavy atom. The van der Waals surface area contributed by atoms with Crippen LogP contribution in [0.5, 0.6) is 5.75 Å². The lowest BCUT2D eigenvalue weighted by Gasteiger charge is -2.04. The highest BCUT2D eigenvalue weighted by molar-refractivity contribution is 5.94. The molecule has 1 aromatic rings. The van der Waals surface area contributed by atoms with Gasteiger partial charge in [0.1, 0.15) is 5.75 Å². The number of unbranched alkanes of at least 4 members (excludes halogenated alkanes) is 1. The number of carbonyl (C=O) groups is 1. The van der Waals surface area contributed by atoms with Crippen molar-refractivity contribution in [3.63, 3.8) is 0 Å². The van der Waals surface area contributed by atoms with Crippen molar-refractivity contribution >= 4 is 5.91 Å². The minimum Gasteiger partial charge on any atom is -0.508 e. The van der Waals surface area contributed by atoms with Crippen LogP contribution in [-0.4, -0.2) is 29.3 Å². The highest BCUT2D eigenvalue weighted by atomic mass is 16.3. The summed E-state index contributed by atoms with van der Waals surface area (Å²) in [5.74, 6) is -0.123. The lowest BCUT2D eigenvalue weighted by atomic mass is 10.2. The van der Waals surface area contributed by atoms with Crippen molar-refractivity contribution < 1.29 is 15.0 Å². The van der Waals surface area contributed by atoms with Gasteiger partial charge in [0.2, 0.25) is 0 Å². The summed E-state index contributed by atoms with van der Waals surface area (Å²) in [5.41, 5.74) is 0.444. The molecule has 0 spiro atoms. The first-order valence-corrected chi connectivity index (χ1v) is 4.92. The van der Waals surface area contributed by atoms with Gasteiger partial charge in [0.25, 0.3) is 5.91 Å². The Kier molecular flexibility index (Phi) is 4.63. The van der Waals surface area contributed by atoms with Crippen LogP contribution in [0, 0.1) is 0 Å². The minimum atomic E-state index is -0.205. The molecular weight excluding hydrogens is 194 g/mol. The highest BCUT2D eigenvalue weighted by Crippen LogP contribution is 2.10. The first-order chi connectivity index (χ1) is 7.24. The van der Waals surface area contributed by atoms with E-state index >= 15 is 0 Å². The number of carbonyl (C=O) groups excluding carboxylic acids is 1. The molecule has 1 aromatic carbocycles. The van der Waals surface area contributed by atoms with Gasteiger partial charge in [-0.15, -0.1) is 0 Å². The van der Waals surface area contributed by atoms with Crippen molar-refractivity contribution in [1.29, 1.82) is 0 Å². The summed E-state index contributed by atoms with van der Waals surface area (Å²) in [7, 11) is 0. The highest BCUT2D eigenvalue weighted by Gasteiger charge is 2.04. The van der Waals surface area contributed by atoms with Crippen LogP contribution in [0.25, 0.3) is 0 Å². The first kappa shape index (κ1) is 11.5. The predicted molar refractivity (Wildman–Crippen MR) is 56.8 cm³/mol. The van der Waals surface area contributed by atoms with Gasteiger partial charge in [0, 0.05) is 18.7 Å². The summed E-state index contributed by atoms with van der Waals surface area (Å²) in [6.45, 7) is 0.678. The van der Waals surface area contributed by atoms with Crippen molar-refractivity contribution in [2.45, 2.75) is 12.8 Å². The molecule has 15 heavy (non-hydrogen) atoms. The Labute approximate surface area is 88.6 Å². The molecule has 0 aliphatic heterocycles. The number of aliphatic hydroxyl groups is 1. The van der Waals surface area contributed by atoms with Crippen molar-refractivity contribution in [3.8, 4) is 5.75 Å². The van der Waals surface area contributed by atoms with Crippen LogP contribution >= 0.6 is 0 Å². The zero-order chi connectivity index (χ0) is 11.1. The second kappa shape index (κ2) is 6.03. The van der Waals surface area contributed by atoms with Gasteiger partial charge in [-0.1, -0.05) is 6.07 Å². The average Bonchev–Trinajstić information content (AvgIpc) is 2.24. The van der Waals surface area contributed by atoms with E-state index in [1.54, 1.807) is 12.1 Å². The average molecular weight is 209 g/mol. The fourth-order valence-electron chi connectivity index (χ4n) is 1.19. The molecule has 0 aromatic heterocycles. The molecule has 0 fully saturated rings. The Hall–Kier alpha value is -1.55. The van der Waals surface area contributed by atoms with E-state index in [0.717, 1.165) is 6.42 Å². The molecule has 1 rings (SSSR count). The van der Waals surface area contributed by atoms with Crippen molar-refractivity contribution in [1.82, 2.24) is 5.32 Å². The van der Waals surface area contributed by atoms with Crippen LogP contribution in [-0.2, 0) is 0 Å². The number of amides is 1. The van der Waals surface area contributed by atoms with E-state index in [4.69, 9.17) is 10.2 Å². The fourth-order valence-corrected chi connectivity index (χ4v) is 1.19. The number of phenolic OH excluding ortho intramolecular Hbond substituents is 1. The Morgan fingerprint density at radius 3 is 2.80 bits per heavy atom. The molecule has 0 bridgehead atoms. The molecule has 0 heterocycles. The largest absolute Gasteiger partial charge is 0.508 e. The topological polar surface area (TPSA) is 69.6 Å². The van der Waals surface area contributed by atoms with Gasteiger partial charge < -0.3 is 15.5 Å². The molecule has 0 saturated carbocycles. The van der Waals surface area contributed by atoms with Gasteiger partial charge in [-0.25, -0.2) is 0 Å². The van der Waals surface area contributed by atoms with Gasteiger partial charge in [0.05, 0.1) is 0 Å². The summed E-state index contributed by atoms with van der Waals surface area (Å²) in [5, 5.41) is 20.4. The standard InChI is InChI=1S/C11H15NO3/c13-7-2-1-6-12-11(15)9-4-3-5-10(14)8-9/h3-5,8,13-14H,1-2,6-7H2,(H,12,15). The lowest BCUT2D eigenvalue weighted by molar-refractivity contribution is 0.0951. The second-order valence-corrected chi connectivity index (χ2v) is 3.24. The number of benzene rings is 1. The number of phenols is 1. The monoisotopic (exact) mass is 209 g/mol. The van der Waals surface area contributed by atoms with E-state index in [9.17, 15) is 4.79 Å². The van der Waals surface area contributed by atoms with Crippen molar-refractivity contribution in [3.05, 3.63) is 29.8 Å². The van der Waals surface area contributed by atoms with E-state index < -0.39 is 0 Å². The van der Waals surface area contributed by atoms with E-state index in [1.807, 2.05) is 0 Å². The van der Waals surface area contributed by atoms with Gasteiger partial charge in [0.15, 0.2) is 0 Å². The van der Waals surface area contributed by atoms with Crippen LogP contribution in [0.3, 0.4) is 0 Å². The Bertz CT molecular complexity index is 325. The van der Waals surface area contributed by atoms with Crippen molar-refractivity contribution in [2.75, 3.05) is 13.2 Å². The third-order valence-corrected chi connectivity index (χ3v) is 1.98. The maximum atomic E-state index is 11.5. The SMILES string of the molecule is O=C(NCCCCO)c1cccc(O)c1. The number of rotatable bonds is 5. The van der Waals surface area contributed by atoms with Gasteiger partial charge in [-0.2, -0.15) is 0 Å². The van der Waals surface area contributed by atoms with E-state index in [-0.39, 0.29) is 18.3 Å². The summed E-state index contributed by atoms with van der Waals surface area (Å²) in [6, 6.07) is 6.20. The van der Waals surface area contributed by atoms with Crippen LogP contribution in [0.2, 0.25) is 0 Å². The van der Waals surface area contributed by atoms with Crippen LogP contribution in [0.15, 0.2) is 24.3 Å². The molecule has 0 atom stereocenters. The Morgan fingerprint density at radius 1 is 1.33 bits per heavy atom. The predicted octanol–water partition coefficient (Wildman–Crippen LogP) is 0.894. The maximum absolute atomic E-state index is 11.5. The molecule has 4 heteroatoms. The van der Waals surface area contributed by atoms with Gasteiger partial charge >= 0.3 is 0 Å². The normalized spacial score (nSPS) is 9.93. The number of aromatic hydroxyl groups is 1. The molecular formula is C11H15NO3. The zero-order valence-electron chi connectivity index (χ0n) is 8.44. The molecule has 0 saturated heterocycles. The number of hydrogen-bond donors (Lipinski definition) is 3. The summed E-state index contributed by atoms with van der Waals surface area (Å²) in [6.07, 6.45) is 1.43. The fraction of sp³-hybridized carbons (Fsp3) is 0.364. The molecule has 0 radical (unpaired) electrons. The molecule has 82 valence electrons. The van der Waals surface area contributed by atoms with Crippen LogP contribution in [0.1, 0.15) is 23.2 Å². The second-order valence-electron chi connectivity index (χ2n) is 3.24. The quantitative estimate of drug-likeness (QED) is 0.631. The van der Waals surface area contributed by atoms with Crippen LogP contribution < -0.4 is 5.32 Å². The summed E-state index contributed by atoms with van der Waals surface area (Å²) in [4.78, 5) is 11.5. The smallest absolute Gasteiger partial charge is 0.251 e. The molecule has 0 aliphatic rings. The molecule has 0 aliphatic carbocycles. The van der Waals surface area contributed by atoms with Gasteiger partial charge in [-0.3, -0.25) is 4.79 Å². The molecule has 4 nitrogen and oxygen atoms in total. The summed E-state index contributed by atoms with van der Waals surface area (Å²) < 4.78 is 0. The number of hydrogen-bond acceptors (Lipinski definition) is 3. The van der Waals surface area contributed by atoms with E-state index in [2.05, 4.69) is 5.32 Å². The van der Waals surface area contributed by atoms with Crippen LogP contribution in [0.4, 0.5) is 0 Å². The molecule has 1 amide bonds. The number of nitrogens with one attached hydrogen (secondary N) is 1.